The number of sulfone groups is 1. The number of aromatic hydroxyl groups is 1. The van der Waals surface area contributed by atoms with Gasteiger partial charge in [-0.25, -0.2) is 8.42 Å². The van der Waals surface area contributed by atoms with E-state index < -0.39 is 21.6 Å². The predicted octanol–water partition coefficient (Wildman–Crippen LogP) is 1.66. The molecule has 1 heterocycles. The molecule has 110 valence electrons. The summed E-state index contributed by atoms with van der Waals surface area (Å²) in [6.07, 6.45) is 0. The fourth-order valence-electron chi connectivity index (χ4n) is 2.33. The highest BCUT2D eigenvalue weighted by atomic mass is 32.2. The lowest BCUT2D eigenvalue weighted by Gasteiger charge is -2.15. The van der Waals surface area contributed by atoms with E-state index in [2.05, 4.69) is 0 Å². The van der Waals surface area contributed by atoms with Crippen LogP contribution in [0.25, 0.3) is 0 Å². The molecule has 2 aromatic carbocycles. The maximum atomic E-state index is 12.5. The van der Waals surface area contributed by atoms with Crippen LogP contribution in [0.3, 0.4) is 0 Å². The number of rotatable bonds is 1. The van der Waals surface area contributed by atoms with Gasteiger partial charge in [0.05, 0.1) is 16.1 Å². The van der Waals surface area contributed by atoms with Crippen molar-refractivity contribution in [1.29, 1.82) is 5.26 Å². The Hall–Kier alpha value is -2.85. The number of hydrogen-bond acceptors (Lipinski definition) is 5. The summed E-state index contributed by atoms with van der Waals surface area (Å²) in [6, 6.07) is 11.9. The third-order valence-corrected chi connectivity index (χ3v) is 5.01. The number of amides is 1. The summed E-state index contributed by atoms with van der Waals surface area (Å²) in [7, 11) is -3.54. The Morgan fingerprint density at radius 1 is 1.23 bits per heavy atom. The lowest BCUT2D eigenvalue weighted by atomic mass is 10.1. The molecule has 0 aromatic heterocycles. The van der Waals surface area contributed by atoms with Gasteiger partial charge in [-0.2, -0.15) is 5.26 Å². The highest BCUT2D eigenvalue weighted by molar-refractivity contribution is 7.92. The lowest BCUT2D eigenvalue weighted by molar-refractivity contribution is 0.0991. The third-order valence-electron chi connectivity index (χ3n) is 3.40. The summed E-state index contributed by atoms with van der Waals surface area (Å²) in [5.41, 5.74) is 0.418. The summed E-state index contributed by atoms with van der Waals surface area (Å²) >= 11 is 0. The topological polar surface area (TPSA) is 98.5 Å². The maximum absolute atomic E-state index is 12.5. The summed E-state index contributed by atoms with van der Waals surface area (Å²) in [5.74, 6) is -1.20. The average molecular weight is 314 g/mol. The fourth-order valence-corrected chi connectivity index (χ4v) is 3.85. The van der Waals surface area contributed by atoms with Gasteiger partial charge in [-0.3, -0.25) is 9.69 Å². The first kappa shape index (κ1) is 14.1. The Bertz CT molecular complexity index is 929. The first-order valence-corrected chi connectivity index (χ1v) is 7.96. The Morgan fingerprint density at radius 2 is 1.95 bits per heavy atom. The Balaban J connectivity index is 2.07. The molecule has 7 heteroatoms. The number of benzene rings is 2. The quantitative estimate of drug-likeness (QED) is 0.863. The van der Waals surface area contributed by atoms with E-state index in [0.717, 1.165) is 4.90 Å². The zero-order valence-corrected chi connectivity index (χ0v) is 12.0. The number of fused-ring (bicyclic) bond motifs is 1. The molecular weight excluding hydrogens is 304 g/mol. The molecule has 6 nitrogen and oxygen atoms in total. The predicted molar refractivity (Wildman–Crippen MR) is 78.1 cm³/mol. The smallest absolute Gasteiger partial charge is 0.259 e. The number of phenolic OH excluding ortho intramolecular Hbond substituents is 1. The Labute approximate surface area is 126 Å². The van der Waals surface area contributed by atoms with Crippen molar-refractivity contribution in [2.45, 2.75) is 4.90 Å². The van der Waals surface area contributed by atoms with Crippen LogP contribution in [0.1, 0.15) is 15.9 Å². The van der Waals surface area contributed by atoms with Crippen molar-refractivity contribution in [3.05, 3.63) is 53.6 Å². The van der Waals surface area contributed by atoms with Crippen molar-refractivity contribution in [2.75, 3.05) is 10.8 Å². The molecule has 1 aliphatic rings. The number of phenols is 1. The highest BCUT2D eigenvalue weighted by Gasteiger charge is 2.36. The highest BCUT2D eigenvalue weighted by Crippen LogP contribution is 2.34. The van der Waals surface area contributed by atoms with Gasteiger partial charge in [-0.1, -0.05) is 12.1 Å². The summed E-state index contributed by atoms with van der Waals surface area (Å²) in [5, 5.41) is 18.4. The van der Waals surface area contributed by atoms with Crippen LogP contribution in [0.15, 0.2) is 47.4 Å². The molecule has 0 bridgehead atoms. The first-order valence-electron chi connectivity index (χ1n) is 6.31. The summed E-state index contributed by atoms with van der Waals surface area (Å²) in [6.45, 7) is 0. The summed E-state index contributed by atoms with van der Waals surface area (Å²) < 4.78 is 24.2. The van der Waals surface area contributed by atoms with Crippen LogP contribution in [-0.2, 0) is 9.84 Å². The Kier molecular flexibility index (Phi) is 3.11. The van der Waals surface area contributed by atoms with Crippen molar-refractivity contribution >= 4 is 21.4 Å². The maximum Gasteiger partial charge on any atom is 0.259 e. The molecule has 0 spiro atoms. The number of nitriles is 1. The van der Waals surface area contributed by atoms with Gasteiger partial charge in [0.1, 0.15) is 17.7 Å². The fraction of sp³-hybridized carbons (Fsp3) is 0.0667. The van der Waals surface area contributed by atoms with Crippen LogP contribution < -0.4 is 4.90 Å². The molecule has 0 radical (unpaired) electrons. The van der Waals surface area contributed by atoms with Gasteiger partial charge in [0, 0.05) is 5.56 Å². The number of hydrogen-bond donors (Lipinski definition) is 1. The molecular formula is C15H10N2O4S. The molecule has 1 N–H and O–H groups in total. The van der Waals surface area contributed by atoms with Gasteiger partial charge in [0.25, 0.3) is 5.91 Å². The van der Waals surface area contributed by atoms with Crippen LogP contribution in [-0.4, -0.2) is 25.3 Å². The second-order valence-corrected chi connectivity index (χ2v) is 6.72. The minimum Gasteiger partial charge on any atom is -0.507 e. The van der Waals surface area contributed by atoms with Gasteiger partial charge < -0.3 is 5.11 Å². The van der Waals surface area contributed by atoms with Crippen molar-refractivity contribution in [3.8, 4) is 11.8 Å². The molecule has 0 aliphatic carbocycles. The van der Waals surface area contributed by atoms with E-state index in [4.69, 9.17) is 5.26 Å². The van der Waals surface area contributed by atoms with E-state index in [0.29, 0.717) is 5.69 Å². The lowest BCUT2D eigenvalue weighted by Crippen LogP contribution is -2.30. The molecule has 0 atom stereocenters. The summed E-state index contributed by atoms with van der Waals surface area (Å²) in [4.78, 5) is 13.8. The largest absolute Gasteiger partial charge is 0.507 e. The monoisotopic (exact) mass is 314 g/mol. The van der Waals surface area contributed by atoms with E-state index in [1.807, 2.05) is 0 Å². The van der Waals surface area contributed by atoms with E-state index >= 15 is 0 Å². The van der Waals surface area contributed by atoms with Crippen molar-refractivity contribution < 1.29 is 18.3 Å². The molecule has 1 amide bonds. The molecule has 1 aliphatic heterocycles. The van der Waals surface area contributed by atoms with E-state index in [-0.39, 0.29) is 21.8 Å². The second kappa shape index (κ2) is 4.86. The van der Waals surface area contributed by atoms with Crippen molar-refractivity contribution in [3.63, 3.8) is 0 Å². The minimum atomic E-state index is -3.54. The zero-order valence-electron chi connectivity index (χ0n) is 11.2. The van der Waals surface area contributed by atoms with Crippen molar-refractivity contribution in [2.24, 2.45) is 0 Å². The third kappa shape index (κ3) is 2.10. The minimum absolute atomic E-state index is 0.0406. The molecule has 22 heavy (non-hydrogen) atoms. The van der Waals surface area contributed by atoms with Crippen LogP contribution in [0.2, 0.25) is 0 Å². The molecule has 2 aromatic rings. The second-order valence-electron chi connectivity index (χ2n) is 4.79. The van der Waals surface area contributed by atoms with Crippen LogP contribution in [0, 0.1) is 11.3 Å². The van der Waals surface area contributed by atoms with Crippen molar-refractivity contribution in [1.82, 2.24) is 0 Å². The van der Waals surface area contributed by atoms with E-state index in [1.165, 1.54) is 24.3 Å². The number of para-hydroxylation sites is 1. The normalized spacial score (nSPS) is 15.1. The molecule has 3 rings (SSSR count). The van der Waals surface area contributed by atoms with Crippen LogP contribution in [0.4, 0.5) is 5.69 Å². The van der Waals surface area contributed by atoms with Gasteiger partial charge in [0.15, 0.2) is 9.84 Å². The van der Waals surface area contributed by atoms with E-state index in [1.54, 1.807) is 24.3 Å². The van der Waals surface area contributed by atoms with E-state index in [9.17, 15) is 18.3 Å². The van der Waals surface area contributed by atoms with Gasteiger partial charge in [0.2, 0.25) is 0 Å². The van der Waals surface area contributed by atoms with Crippen LogP contribution in [0.5, 0.6) is 5.75 Å². The first-order chi connectivity index (χ1) is 10.4. The molecule has 0 fully saturated rings. The standard InChI is InChI=1S/C15H10N2O4S/c16-8-11-7-10(5-6-13(11)18)15(19)17-9-22(20,21)14-4-2-1-3-12(14)17/h1-7,18H,9H2. The SMILES string of the molecule is N#Cc1cc(C(=O)N2CS(=O)(=O)c3ccccc32)ccc1O. The Morgan fingerprint density at radius 3 is 2.68 bits per heavy atom. The zero-order chi connectivity index (χ0) is 15.9. The van der Waals surface area contributed by atoms with Gasteiger partial charge in [-0.15, -0.1) is 0 Å². The number of carbonyl (C=O) groups is 1. The van der Waals surface area contributed by atoms with Crippen LogP contribution >= 0.6 is 0 Å². The number of carbonyl (C=O) groups excluding carboxylic acids is 1. The van der Waals surface area contributed by atoms with Gasteiger partial charge >= 0.3 is 0 Å². The molecule has 0 saturated carbocycles. The van der Waals surface area contributed by atoms with Gasteiger partial charge in [-0.05, 0) is 30.3 Å². The molecule has 0 unspecified atom stereocenters. The number of nitrogens with zero attached hydrogens (tertiary/aromatic N) is 2. The average Bonchev–Trinajstić information content (AvgIpc) is 2.79. The molecule has 0 saturated heterocycles. The number of anilines is 1.